The van der Waals surface area contributed by atoms with Crippen LogP contribution in [0.25, 0.3) is 0 Å². The summed E-state index contributed by atoms with van der Waals surface area (Å²) in [5, 5.41) is 11.5. The molecule has 0 bridgehead atoms. The van der Waals surface area contributed by atoms with Crippen molar-refractivity contribution in [2.24, 2.45) is 0 Å². The van der Waals surface area contributed by atoms with Crippen LogP contribution in [0.5, 0.6) is 0 Å². The van der Waals surface area contributed by atoms with E-state index in [1.807, 2.05) is 0 Å². The predicted molar refractivity (Wildman–Crippen MR) is 61.1 cm³/mol. The minimum absolute atomic E-state index is 0.0100. The van der Waals surface area contributed by atoms with Crippen molar-refractivity contribution < 1.29 is 14.7 Å². The Morgan fingerprint density at radius 2 is 1.75 bits per heavy atom. The Kier molecular flexibility index (Phi) is 4.77. The Hall–Kier alpha value is -1.06. The van der Waals surface area contributed by atoms with Gasteiger partial charge in [0.15, 0.2) is 0 Å². The molecule has 4 heteroatoms. The first-order valence-electron chi connectivity index (χ1n) is 6.05. The third kappa shape index (κ3) is 4.64. The molecule has 0 atom stereocenters. The molecule has 0 aromatic carbocycles. The molecule has 0 radical (unpaired) electrons. The van der Waals surface area contributed by atoms with E-state index in [4.69, 9.17) is 5.11 Å². The van der Waals surface area contributed by atoms with E-state index >= 15 is 0 Å². The van der Waals surface area contributed by atoms with Gasteiger partial charge in [-0.15, -0.1) is 0 Å². The van der Waals surface area contributed by atoms with E-state index in [1.165, 1.54) is 12.8 Å². The minimum atomic E-state index is -0.789. The van der Waals surface area contributed by atoms with Crippen LogP contribution < -0.4 is 5.32 Å². The van der Waals surface area contributed by atoms with Crippen LogP contribution in [0.1, 0.15) is 58.3 Å². The highest BCUT2D eigenvalue weighted by Crippen LogP contribution is 2.28. The summed E-state index contributed by atoms with van der Waals surface area (Å²) in [6, 6.07) is 0. The molecule has 1 amide bonds. The van der Waals surface area contributed by atoms with Crippen LogP contribution in [0, 0.1) is 0 Å². The Balaban J connectivity index is 2.13. The number of hydrogen-bond donors (Lipinski definition) is 2. The number of nitrogens with one attached hydrogen (secondary N) is 1. The second-order valence-electron chi connectivity index (χ2n) is 4.92. The first-order chi connectivity index (χ1) is 7.52. The second-order valence-corrected chi connectivity index (χ2v) is 4.92. The summed E-state index contributed by atoms with van der Waals surface area (Å²) < 4.78 is 0. The van der Waals surface area contributed by atoms with E-state index in [2.05, 4.69) is 12.2 Å². The summed E-state index contributed by atoms with van der Waals surface area (Å²) >= 11 is 0. The maximum Gasteiger partial charge on any atom is 0.303 e. The van der Waals surface area contributed by atoms with Gasteiger partial charge >= 0.3 is 5.97 Å². The molecule has 92 valence electrons. The normalized spacial score (nSPS) is 18.3. The van der Waals surface area contributed by atoms with Crippen LogP contribution >= 0.6 is 0 Å². The third-order valence-electron chi connectivity index (χ3n) is 3.19. The highest BCUT2D eigenvalue weighted by Gasteiger charge is 2.29. The SMILES string of the molecule is CC1(NC(=O)CCCCC(=O)O)CCCC1. The molecule has 0 aromatic rings. The lowest BCUT2D eigenvalue weighted by atomic mass is 10.0. The predicted octanol–water partition coefficient (Wildman–Crippen LogP) is 2.08. The standard InChI is InChI=1S/C12H21NO3/c1-12(8-4-5-9-12)13-10(14)6-2-3-7-11(15)16/h2-9H2,1H3,(H,13,14)(H,15,16). The van der Waals surface area contributed by atoms with Crippen molar-refractivity contribution in [1.29, 1.82) is 0 Å². The van der Waals surface area contributed by atoms with Gasteiger partial charge in [0.05, 0.1) is 0 Å². The molecule has 0 spiro atoms. The number of hydrogen-bond acceptors (Lipinski definition) is 2. The van der Waals surface area contributed by atoms with E-state index in [1.54, 1.807) is 0 Å². The lowest BCUT2D eigenvalue weighted by molar-refractivity contribution is -0.137. The zero-order chi connectivity index (χ0) is 12.0. The van der Waals surface area contributed by atoms with Crippen molar-refractivity contribution >= 4 is 11.9 Å². The Labute approximate surface area is 96.4 Å². The fraction of sp³-hybridized carbons (Fsp3) is 0.833. The zero-order valence-electron chi connectivity index (χ0n) is 9.92. The molecule has 1 rings (SSSR count). The smallest absolute Gasteiger partial charge is 0.303 e. The van der Waals surface area contributed by atoms with E-state index in [9.17, 15) is 9.59 Å². The van der Waals surface area contributed by atoms with Crippen LogP contribution in [-0.4, -0.2) is 22.5 Å². The summed E-state index contributed by atoms with van der Waals surface area (Å²) in [4.78, 5) is 21.9. The highest BCUT2D eigenvalue weighted by molar-refractivity contribution is 5.76. The molecule has 2 N–H and O–H groups in total. The average Bonchev–Trinajstić information content (AvgIpc) is 2.59. The molecule has 1 fully saturated rings. The van der Waals surface area contributed by atoms with Gasteiger partial charge in [-0.2, -0.15) is 0 Å². The van der Waals surface area contributed by atoms with E-state index in [0.29, 0.717) is 19.3 Å². The van der Waals surface area contributed by atoms with Gasteiger partial charge in [0.25, 0.3) is 0 Å². The fourth-order valence-electron chi connectivity index (χ4n) is 2.24. The number of unbranched alkanes of at least 4 members (excludes halogenated alkanes) is 1. The number of rotatable bonds is 6. The van der Waals surface area contributed by atoms with Crippen LogP contribution in [0.3, 0.4) is 0 Å². The summed E-state index contributed by atoms with van der Waals surface area (Å²) in [5.41, 5.74) is -0.0100. The first-order valence-corrected chi connectivity index (χ1v) is 6.05. The molecule has 16 heavy (non-hydrogen) atoms. The van der Waals surface area contributed by atoms with Gasteiger partial charge in [0, 0.05) is 18.4 Å². The summed E-state index contributed by atoms with van der Waals surface area (Å²) in [7, 11) is 0. The summed E-state index contributed by atoms with van der Waals surface area (Å²) in [6.45, 7) is 2.09. The molecule has 0 saturated heterocycles. The first kappa shape index (κ1) is 13.0. The second kappa shape index (κ2) is 5.87. The summed E-state index contributed by atoms with van der Waals surface area (Å²) in [5.74, 6) is -0.724. The van der Waals surface area contributed by atoms with Gasteiger partial charge in [0.1, 0.15) is 0 Å². The molecular weight excluding hydrogens is 206 g/mol. The third-order valence-corrected chi connectivity index (χ3v) is 3.19. The van der Waals surface area contributed by atoms with E-state index in [0.717, 1.165) is 12.8 Å². The van der Waals surface area contributed by atoms with Crippen molar-refractivity contribution in [2.75, 3.05) is 0 Å². The number of amides is 1. The topological polar surface area (TPSA) is 66.4 Å². The van der Waals surface area contributed by atoms with Gasteiger partial charge in [-0.25, -0.2) is 0 Å². The highest BCUT2D eigenvalue weighted by atomic mass is 16.4. The maximum absolute atomic E-state index is 11.6. The van der Waals surface area contributed by atoms with Crippen molar-refractivity contribution in [1.82, 2.24) is 5.32 Å². The Bertz CT molecular complexity index is 257. The van der Waals surface area contributed by atoms with Crippen LogP contribution in [-0.2, 0) is 9.59 Å². The Morgan fingerprint density at radius 3 is 2.31 bits per heavy atom. The van der Waals surface area contributed by atoms with Crippen molar-refractivity contribution in [3.63, 3.8) is 0 Å². The molecule has 0 aliphatic heterocycles. The van der Waals surface area contributed by atoms with Crippen LogP contribution in [0.15, 0.2) is 0 Å². The molecule has 0 heterocycles. The van der Waals surface area contributed by atoms with Gasteiger partial charge in [-0.05, 0) is 32.6 Å². The fourth-order valence-corrected chi connectivity index (χ4v) is 2.24. The molecular formula is C12H21NO3. The largest absolute Gasteiger partial charge is 0.481 e. The zero-order valence-corrected chi connectivity index (χ0v) is 9.92. The molecule has 1 aliphatic carbocycles. The van der Waals surface area contributed by atoms with Crippen molar-refractivity contribution in [2.45, 2.75) is 63.8 Å². The van der Waals surface area contributed by atoms with Crippen molar-refractivity contribution in [3.8, 4) is 0 Å². The van der Waals surface area contributed by atoms with E-state index in [-0.39, 0.29) is 17.9 Å². The van der Waals surface area contributed by atoms with E-state index < -0.39 is 5.97 Å². The molecule has 0 unspecified atom stereocenters. The van der Waals surface area contributed by atoms with Crippen LogP contribution in [0.2, 0.25) is 0 Å². The molecule has 1 aliphatic rings. The average molecular weight is 227 g/mol. The maximum atomic E-state index is 11.6. The Morgan fingerprint density at radius 1 is 1.19 bits per heavy atom. The van der Waals surface area contributed by atoms with Gasteiger partial charge in [-0.1, -0.05) is 12.8 Å². The number of carbonyl (C=O) groups excluding carboxylic acids is 1. The summed E-state index contributed by atoms with van der Waals surface area (Å²) in [6.07, 6.45) is 6.36. The monoisotopic (exact) mass is 227 g/mol. The number of carbonyl (C=O) groups is 2. The lowest BCUT2D eigenvalue weighted by Crippen LogP contribution is -2.43. The molecule has 4 nitrogen and oxygen atoms in total. The van der Waals surface area contributed by atoms with Gasteiger partial charge in [-0.3, -0.25) is 9.59 Å². The van der Waals surface area contributed by atoms with Crippen LogP contribution in [0.4, 0.5) is 0 Å². The number of aliphatic carboxylic acids is 1. The van der Waals surface area contributed by atoms with Gasteiger partial charge < -0.3 is 10.4 Å². The minimum Gasteiger partial charge on any atom is -0.481 e. The lowest BCUT2D eigenvalue weighted by Gasteiger charge is -2.25. The number of carboxylic acid groups (broad SMARTS) is 1. The van der Waals surface area contributed by atoms with Crippen molar-refractivity contribution in [3.05, 3.63) is 0 Å². The van der Waals surface area contributed by atoms with Gasteiger partial charge in [0.2, 0.25) is 5.91 Å². The molecule has 1 saturated carbocycles. The molecule has 0 aromatic heterocycles. The quantitative estimate of drug-likeness (QED) is 0.683. The number of carboxylic acids is 1.